The molecule has 1 unspecified atom stereocenters. The Morgan fingerprint density at radius 3 is 2.51 bits per heavy atom. The maximum atomic E-state index is 13.3. The highest BCUT2D eigenvalue weighted by Gasteiger charge is 2.39. The van der Waals surface area contributed by atoms with Crippen LogP contribution in [0.1, 0.15) is 21.6 Å². The van der Waals surface area contributed by atoms with E-state index in [1.807, 2.05) is 6.07 Å². The Bertz CT molecular complexity index is 1510. The van der Waals surface area contributed by atoms with E-state index in [1.54, 1.807) is 0 Å². The molecule has 0 aliphatic heterocycles. The smallest absolute Gasteiger partial charge is 0.467 e. The zero-order valence-electron chi connectivity index (χ0n) is 19.7. The summed E-state index contributed by atoms with van der Waals surface area (Å²) in [6.45, 7) is -0.277. The maximum Gasteiger partial charge on any atom is 0.474 e. The number of carbonyl (C=O) groups is 2. The lowest BCUT2D eigenvalue weighted by atomic mass is 10.1. The third-order valence-electron chi connectivity index (χ3n) is 4.69. The Labute approximate surface area is 223 Å². The van der Waals surface area contributed by atoms with Crippen molar-refractivity contribution in [1.29, 1.82) is 5.26 Å². The van der Waals surface area contributed by atoms with Crippen molar-refractivity contribution in [1.82, 2.24) is 14.8 Å². The number of anilines is 1. The molecule has 2 heterocycles. The molecule has 0 aliphatic rings. The summed E-state index contributed by atoms with van der Waals surface area (Å²) in [7, 11) is -1.79. The minimum absolute atomic E-state index is 0.0163. The summed E-state index contributed by atoms with van der Waals surface area (Å²) in [6, 6.07) is 8.03. The fourth-order valence-electron chi connectivity index (χ4n) is 3.06. The molecule has 0 aliphatic carbocycles. The van der Waals surface area contributed by atoms with Crippen LogP contribution in [0.5, 0.6) is 5.88 Å². The van der Waals surface area contributed by atoms with E-state index in [1.165, 1.54) is 37.6 Å². The lowest BCUT2D eigenvalue weighted by Gasteiger charge is -2.16. The van der Waals surface area contributed by atoms with Gasteiger partial charge in [-0.05, 0) is 43.0 Å². The van der Waals surface area contributed by atoms with Crippen LogP contribution < -0.4 is 10.1 Å². The number of amides is 2. The van der Waals surface area contributed by atoms with Gasteiger partial charge in [0.2, 0.25) is 5.88 Å². The first kappa shape index (κ1) is 29.6. The second-order valence-corrected chi connectivity index (χ2v) is 9.58. The van der Waals surface area contributed by atoms with Crippen LogP contribution in [0, 0.1) is 18.3 Å². The lowest BCUT2D eigenvalue weighted by molar-refractivity contribution is -0.169. The number of nitriles is 1. The molecule has 0 saturated carbocycles. The number of nitrogens with one attached hydrogen (secondary N) is 1. The average molecular weight is 593 g/mol. The fraction of sp³-hybridized carbons (Fsp3) is 0.227. The van der Waals surface area contributed by atoms with E-state index in [0.29, 0.717) is 0 Å². The van der Waals surface area contributed by atoms with E-state index in [0.717, 1.165) is 16.8 Å². The summed E-state index contributed by atoms with van der Waals surface area (Å²) < 4.78 is 85.0. The van der Waals surface area contributed by atoms with Crippen LogP contribution in [0.25, 0.3) is 5.82 Å². The summed E-state index contributed by atoms with van der Waals surface area (Å²) in [5.41, 5.74) is -0.243. The number of nitrogens with zero attached hydrogens (tertiary/aromatic N) is 5. The third kappa shape index (κ3) is 7.33. The third-order valence-corrected chi connectivity index (χ3v) is 6.38. The number of aryl methyl sites for hydroxylation is 1. The van der Waals surface area contributed by atoms with E-state index in [2.05, 4.69) is 24.5 Å². The van der Waals surface area contributed by atoms with Crippen LogP contribution in [-0.4, -0.2) is 51.8 Å². The van der Waals surface area contributed by atoms with Crippen molar-refractivity contribution >= 4 is 39.8 Å². The average Bonchev–Trinajstić information content (AvgIpc) is 3.27. The molecular weight excluding hydrogens is 578 g/mol. The van der Waals surface area contributed by atoms with Crippen LogP contribution in [0.4, 0.5) is 32.0 Å². The topological polar surface area (TPSA) is 122 Å². The first-order valence-electron chi connectivity index (χ1n) is 10.4. The van der Waals surface area contributed by atoms with Crippen molar-refractivity contribution in [2.45, 2.75) is 24.2 Å². The monoisotopic (exact) mass is 592 g/mol. The molecule has 1 N–H and O–H groups in total. The lowest BCUT2D eigenvalue weighted by Crippen LogP contribution is -2.22. The molecule has 3 rings (SSSR count). The number of carbonyl (C=O) groups excluding carboxylic acids is 2. The molecule has 206 valence electrons. The number of aromatic nitrogens is 3. The summed E-state index contributed by atoms with van der Waals surface area (Å²) in [5, 5.41) is 15.6. The molecule has 0 bridgehead atoms. The van der Waals surface area contributed by atoms with Gasteiger partial charge in [-0.15, -0.1) is 5.10 Å². The van der Waals surface area contributed by atoms with Crippen LogP contribution in [-0.2, 0) is 15.5 Å². The first-order chi connectivity index (χ1) is 18.1. The van der Waals surface area contributed by atoms with E-state index < -0.39 is 53.0 Å². The molecule has 2 amide bonds. The molecule has 39 heavy (non-hydrogen) atoms. The van der Waals surface area contributed by atoms with Crippen molar-refractivity contribution in [3.63, 3.8) is 0 Å². The van der Waals surface area contributed by atoms with Gasteiger partial charge >= 0.3 is 18.3 Å². The van der Waals surface area contributed by atoms with Gasteiger partial charge in [0, 0.05) is 17.2 Å². The predicted molar refractivity (Wildman–Crippen MR) is 127 cm³/mol. The predicted octanol–water partition coefficient (Wildman–Crippen LogP) is 5.17. The molecule has 17 heteroatoms. The van der Waals surface area contributed by atoms with Crippen molar-refractivity contribution < 1.29 is 40.7 Å². The van der Waals surface area contributed by atoms with E-state index >= 15 is 0 Å². The van der Waals surface area contributed by atoms with E-state index in [4.69, 9.17) is 11.6 Å². The normalized spacial score (nSPS) is 12.6. The Kier molecular flexibility index (Phi) is 8.66. The van der Waals surface area contributed by atoms with E-state index in [9.17, 15) is 41.2 Å². The number of benzene rings is 1. The highest BCUT2D eigenvalue weighted by Crippen LogP contribution is 2.30. The zero-order chi connectivity index (χ0) is 29.1. The van der Waals surface area contributed by atoms with Gasteiger partial charge in [-0.1, -0.05) is 22.3 Å². The second kappa shape index (κ2) is 11.4. The van der Waals surface area contributed by atoms with Crippen molar-refractivity contribution in [3.05, 3.63) is 58.4 Å². The van der Waals surface area contributed by atoms with Crippen molar-refractivity contribution in [2.75, 3.05) is 18.2 Å². The van der Waals surface area contributed by atoms with Crippen molar-refractivity contribution in [2.24, 2.45) is 4.36 Å². The molecule has 1 aromatic carbocycles. The molecule has 0 radical (unpaired) electrons. The molecule has 0 fully saturated rings. The van der Waals surface area contributed by atoms with Gasteiger partial charge in [0.05, 0.1) is 22.3 Å². The summed E-state index contributed by atoms with van der Waals surface area (Å²) in [6.07, 6.45) is -7.49. The standard InChI is InChI=1S/C22H15ClF6N6O3S/c1-11-6-12(9-30)7-15(39(2)34-20(37)22(27,28)29)17(11)32-19(36)14-8-16(38-10-21(24,25)26)33-35(14)18-13(23)4-3-5-31-18/h3-8H,10H2,1-2H3,(H,32,36). The Balaban J connectivity index is 2.10. The molecule has 1 atom stereocenters. The molecular formula is C22H15ClF6N6O3S. The number of rotatable bonds is 6. The molecule has 0 saturated heterocycles. The van der Waals surface area contributed by atoms with Gasteiger partial charge in [-0.3, -0.25) is 9.59 Å². The van der Waals surface area contributed by atoms with Crippen LogP contribution in [0.3, 0.4) is 0 Å². The highest BCUT2D eigenvalue weighted by atomic mass is 35.5. The van der Waals surface area contributed by atoms with Gasteiger partial charge in [-0.2, -0.15) is 36.0 Å². The summed E-state index contributed by atoms with van der Waals surface area (Å²) in [4.78, 5) is 28.7. The SMILES string of the molecule is Cc1cc(C#N)cc(/S(C)=N/C(=O)C(F)(F)F)c1NC(=O)c1cc(OCC(F)(F)F)nn1-c1ncccc1Cl. The summed E-state index contributed by atoms with van der Waals surface area (Å²) in [5.74, 6) is -4.10. The quantitative estimate of drug-likeness (QED) is 0.394. The Morgan fingerprint density at radius 1 is 1.23 bits per heavy atom. The largest absolute Gasteiger partial charge is 0.474 e. The van der Waals surface area contributed by atoms with Crippen LogP contribution in [0.2, 0.25) is 5.02 Å². The van der Waals surface area contributed by atoms with Gasteiger partial charge in [-0.25, -0.2) is 9.67 Å². The number of ether oxygens (including phenoxy) is 1. The first-order valence-corrected chi connectivity index (χ1v) is 12.3. The molecule has 3 aromatic rings. The number of halogens is 7. The van der Waals surface area contributed by atoms with Gasteiger partial charge < -0.3 is 10.1 Å². The second-order valence-electron chi connectivity index (χ2n) is 7.60. The zero-order valence-corrected chi connectivity index (χ0v) is 21.3. The minimum Gasteiger partial charge on any atom is -0.467 e. The molecule has 9 nitrogen and oxygen atoms in total. The number of hydrogen-bond donors (Lipinski definition) is 1. The highest BCUT2D eigenvalue weighted by molar-refractivity contribution is 7.87. The number of pyridine rings is 1. The van der Waals surface area contributed by atoms with Gasteiger partial charge in [0.15, 0.2) is 12.4 Å². The Morgan fingerprint density at radius 2 is 1.92 bits per heavy atom. The van der Waals surface area contributed by atoms with Gasteiger partial charge in [0.25, 0.3) is 5.91 Å². The fourth-order valence-corrected chi connectivity index (χ4v) is 4.51. The maximum absolute atomic E-state index is 13.3. The number of hydrogen-bond acceptors (Lipinski definition) is 6. The van der Waals surface area contributed by atoms with Crippen LogP contribution >= 0.6 is 11.6 Å². The number of alkyl halides is 6. The van der Waals surface area contributed by atoms with E-state index in [-0.39, 0.29) is 32.6 Å². The summed E-state index contributed by atoms with van der Waals surface area (Å²) >= 11 is 6.12. The Hall–Kier alpha value is -3.97. The van der Waals surface area contributed by atoms with Crippen LogP contribution in [0.15, 0.2) is 45.8 Å². The van der Waals surface area contributed by atoms with Crippen molar-refractivity contribution in [3.8, 4) is 17.8 Å². The molecule has 2 aromatic heterocycles. The minimum atomic E-state index is -5.24. The van der Waals surface area contributed by atoms with Gasteiger partial charge in [0.1, 0.15) is 5.69 Å². The molecule has 0 spiro atoms.